The molecule has 0 aromatic carbocycles. The molecule has 1 unspecified atom stereocenters. The van der Waals surface area contributed by atoms with Crippen molar-refractivity contribution in [3.8, 4) is 0 Å². The second-order valence-corrected chi connectivity index (χ2v) is 3.36. The van der Waals surface area contributed by atoms with E-state index in [1.54, 1.807) is 6.26 Å². The Morgan fingerprint density at radius 3 is 3.27 bits per heavy atom. The molecule has 1 spiro atoms. The molecule has 0 radical (unpaired) electrons. The van der Waals surface area contributed by atoms with Crippen molar-refractivity contribution in [3.63, 3.8) is 0 Å². The smallest absolute Gasteiger partial charge is 0.149 e. The monoisotopic (exact) mass is 151 g/mol. The molecular formula is C8H9NO2. The molecular weight excluding hydrogens is 142 g/mol. The Labute approximate surface area is 64.7 Å². The zero-order valence-electron chi connectivity index (χ0n) is 6.12. The van der Waals surface area contributed by atoms with E-state index in [9.17, 15) is 0 Å². The molecule has 3 aliphatic rings. The Morgan fingerprint density at radius 2 is 2.45 bits per heavy atom. The van der Waals surface area contributed by atoms with Crippen LogP contribution in [0, 0.1) is 5.92 Å². The van der Waals surface area contributed by atoms with E-state index in [4.69, 9.17) is 9.57 Å². The topological polar surface area (TPSA) is 30.8 Å². The van der Waals surface area contributed by atoms with Gasteiger partial charge in [0.05, 0.1) is 24.5 Å². The van der Waals surface area contributed by atoms with Gasteiger partial charge in [-0.25, -0.2) is 0 Å². The van der Waals surface area contributed by atoms with Crippen molar-refractivity contribution in [2.24, 2.45) is 11.1 Å². The molecule has 1 saturated carbocycles. The van der Waals surface area contributed by atoms with Crippen molar-refractivity contribution in [2.45, 2.75) is 18.4 Å². The molecule has 1 aliphatic carbocycles. The molecule has 0 amide bonds. The summed E-state index contributed by atoms with van der Waals surface area (Å²) in [6, 6.07) is 0. The second-order valence-electron chi connectivity index (χ2n) is 3.36. The van der Waals surface area contributed by atoms with Gasteiger partial charge in [-0.1, -0.05) is 5.16 Å². The van der Waals surface area contributed by atoms with Crippen molar-refractivity contribution in [1.82, 2.24) is 0 Å². The highest BCUT2D eigenvalue weighted by Gasteiger charge is 2.58. The van der Waals surface area contributed by atoms with E-state index in [1.807, 2.05) is 6.08 Å². The third-order valence-electron chi connectivity index (χ3n) is 2.67. The largest absolute Gasteiger partial charge is 0.500 e. The summed E-state index contributed by atoms with van der Waals surface area (Å²) in [4.78, 5) is 5.36. The first kappa shape index (κ1) is 5.63. The maximum atomic E-state index is 5.36. The molecule has 3 rings (SSSR count). The molecule has 0 saturated heterocycles. The lowest BCUT2D eigenvalue weighted by atomic mass is 9.95. The van der Waals surface area contributed by atoms with Gasteiger partial charge in [-0.15, -0.1) is 0 Å². The van der Waals surface area contributed by atoms with Crippen molar-refractivity contribution in [3.05, 3.63) is 12.3 Å². The van der Waals surface area contributed by atoms with Gasteiger partial charge in [0.25, 0.3) is 0 Å². The Morgan fingerprint density at radius 1 is 1.55 bits per heavy atom. The third kappa shape index (κ3) is 0.607. The SMILES string of the molecule is C1=CC2=NOC3(CC3)C2CO1. The van der Waals surface area contributed by atoms with Crippen LogP contribution >= 0.6 is 0 Å². The summed E-state index contributed by atoms with van der Waals surface area (Å²) in [5.74, 6) is 0.410. The van der Waals surface area contributed by atoms with Crippen LogP contribution in [0.1, 0.15) is 12.8 Å². The fourth-order valence-corrected chi connectivity index (χ4v) is 1.76. The summed E-state index contributed by atoms with van der Waals surface area (Å²) in [6.07, 6.45) is 5.88. The van der Waals surface area contributed by atoms with Gasteiger partial charge in [-0.2, -0.15) is 0 Å². The van der Waals surface area contributed by atoms with Crippen LogP contribution in [0.25, 0.3) is 0 Å². The van der Waals surface area contributed by atoms with Crippen molar-refractivity contribution in [2.75, 3.05) is 6.61 Å². The van der Waals surface area contributed by atoms with Crippen molar-refractivity contribution >= 4 is 5.71 Å². The van der Waals surface area contributed by atoms with Gasteiger partial charge in [0.1, 0.15) is 5.60 Å². The number of fused-ring (bicyclic) bond motifs is 2. The highest BCUT2D eigenvalue weighted by Crippen LogP contribution is 2.50. The van der Waals surface area contributed by atoms with E-state index in [0.29, 0.717) is 5.92 Å². The zero-order chi connectivity index (χ0) is 7.31. The molecule has 58 valence electrons. The molecule has 0 N–H and O–H groups in total. The van der Waals surface area contributed by atoms with E-state index < -0.39 is 0 Å². The van der Waals surface area contributed by atoms with E-state index >= 15 is 0 Å². The van der Waals surface area contributed by atoms with Crippen LogP contribution in [-0.4, -0.2) is 17.9 Å². The van der Waals surface area contributed by atoms with Gasteiger partial charge in [-0.05, 0) is 18.9 Å². The van der Waals surface area contributed by atoms with Crippen molar-refractivity contribution in [1.29, 1.82) is 0 Å². The predicted molar refractivity (Wildman–Crippen MR) is 39.1 cm³/mol. The number of rotatable bonds is 0. The second kappa shape index (κ2) is 1.60. The number of oxime groups is 1. The number of allylic oxidation sites excluding steroid dienone is 1. The lowest BCUT2D eigenvalue weighted by Crippen LogP contribution is -2.30. The van der Waals surface area contributed by atoms with Crippen LogP contribution in [-0.2, 0) is 9.57 Å². The number of nitrogens with zero attached hydrogens (tertiary/aromatic N) is 1. The summed E-state index contributed by atoms with van der Waals surface area (Å²) >= 11 is 0. The van der Waals surface area contributed by atoms with Crippen molar-refractivity contribution < 1.29 is 9.57 Å². The number of ether oxygens (including phenoxy) is 1. The Balaban J connectivity index is 1.98. The summed E-state index contributed by atoms with van der Waals surface area (Å²) in [5.41, 5.74) is 1.12. The van der Waals surface area contributed by atoms with Crippen LogP contribution in [0.2, 0.25) is 0 Å². The fourth-order valence-electron chi connectivity index (χ4n) is 1.76. The van der Waals surface area contributed by atoms with Gasteiger partial charge >= 0.3 is 0 Å². The maximum Gasteiger partial charge on any atom is 0.149 e. The van der Waals surface area contributed by atoms with Crippen LogP contribution in [0.3, 0.4) is 0 Å². The standard InChI is InChI=1S/C8H9NO2/c1-4-10-5-6-7(1)9-11-8(6)2-3-8/h1,4,6H,2-3,5H2. The minimum Gasteiger partial charge on any atom is -0.500 e. The van der Waals surface area contributed by atoms with Gasteiger partial charge in [0.15, 0.2) is 0 Å². The lowest BCUT2D eigenvalue weighted by molar-refractivity contribution is 0.0224. The molecule has 1 atom stereocenters. The Bertz CT molecular complexity index is 253. The van der Waals surface area contributed by atoms with E-state index in [2.05, 4.69) is 5.16 Å². The highest BCUT2D eigenvalue weighted by atomic mass is 16.7. The first-order valence-electron chi connectivity index (χ1n) is 3.95. The quantitative estimate of drug-likeness (QED) is 0.518. The van der Waals surface area contributed by atoms with Crippen LogP contribution in [0.4, 0.5) is 0 Å². The summed E-state index contributed by atoms with van der Waals surface area (Å²) in [6.45, 7) is 0.745. The normalized spacial score (nSPS) is 35.6. The van der Waals surface area contributed by atoms with Gasteiger partial charge in [-0.3, -0.25) is 0 Å². The average molecular weight is 151 g/mol. The summed E-state index contributed by atoms with van der Waals surface area (Å²) < 4.78 is 5.22. The predicted octanol–water partition coefficient (Wildman–Crippen LogP) is 1.07. The highest BCUT2D eigenvalue weighted by molar-refractivity contribution is 5.99. The Kier molecular flexibility index (Phi) is 0.819. The average Bonchev–Trinajstić information content (AvgIpc) is 2.72. The van der Waals surface area contributed by atoms with Gasteiger partial charge in [0, 0.05) is 0 Å². The molecule has 0 bridgehead atoms. The van der Waals surface area contributed by atoms with Crippen LogP contribution < -0.4 is 0 Å². The molecule has 2 aliphatic heterocycles. The van der Waals surface area contributed by atoms with Gasteiger partial charge < -0.3 is 9.57 Å². The Hall–Kier alpha value is -0.990. The van der Waals surface area contributed by atoms with E-state index in [-0.39, 0.29) is 5.60 Å². The fraction of sp³-hybridized carbons (Fsp3) is 0.625. The van der Waals surface area contributed by atoms with Crippen LogP contribution in [0.5, 0.6) is 0 Å². The molecule has 0 aromatic heterocycles. The summed E-state index contributed by atoms with van der Waals surface area (Å²) in [5, 5.41) is 4.02. The number of hydrogen-bond acceptors (Lipinski definition) is 3. The molecule has 1 fully saturated rings. The first-order chi connectivity index (χ1) is 5.41. The summed E-state index contributed by atoms with van der Waals surface area (Å²) in [7, 11) is 0. The lowest BCUT2D eigenvalue weighted by Gasteiger charge is -2.18. The minimum absolute atomic E-state index is 0.0556. The van der Waals surface area contributed by atoms with Gasteiger partial charge in [0.2, 0.25) is 0 Å². The third-order valence-corrected chi connectivity index (χ3v) is 2.67. The first-order valence-corrected chi connectivity index (χ1v) is 3.95. The zero-order valence-corrected chi connectivity index (χ0v) is 6.12. The molecule has 11 heavy (non-hydrogen) atoms. The maximum absolute atomic E-state index is 5.36. The minimum atomic E-state index is 0.0556. The molecule has 0 aromatic rings. The molecule has 3 nitrogen and oxygen atoms in total. The van der Waals surface area contributed by atoms with Crippen LogP contribution in [0.15, 0.2) is 17.5 Å². The number of hydrogen-bond donors (Lipinski definition) is 0. The van der Waals surface area contributed by atoms with E-state index in [0.717, 1.165) is 25.2 Å². The molecule has 2 heterocycles. The van der Waals surface area contributed by atoms with E-state index in [1.165, 1.54) is 0 Å². The molecule has 3 heteroatoms.